The Kier molecular flexibility index (Phi) is 7.15. The van der Waals surface area contributed by atoms with Gasteiger partial charge in [-0.2, -0.15) is 0 Å². The Hall–Kier alpha value is -0.120. The molecule has 0 aromatic heterocycles. The molecule has 0 aliphatic rings. The number of hydrogen-bond acceptors (Lipinski definition) is 3. The Bertz CT molecular complexity index is 136. The van der Waals surface area contributed by atoms with Gasteiger partial charge < -0.3 is 15.3 Å². The van der Waals surface area contributed by atoms with E-state index in [2.05, 4.69) is 0 Å². The lowest BCUT2D eigenvalue weighted by atomic mass is 9.96. The minimum Gasteiger partial charge on any atom is -0.396 e. The van der Waals surface area contributed by atoms with E-state index in [-0.39, 0.29) is 24.5 Å². The first-order valence-electron chi connectivity index (χ1n) is 5.46. The number of aliphatic hydroxyl groups excluding tert-OH is 3. The van der Waals surface area contributed by atoms with Gasteiger partial charge in [-0.3, -0.25) is 0 Å². The zero-order chi connectivity index (χ0) is 11.1. The summed E-state index contributed by atoms with van der Waals surface area (Å²) in [6.45, 7) is 5.81. The van der Waals surface area contributed by atoms with E-state index in [9.17, 15) is 10.2 Å². The Labute approximate surface area is 86.8 Å². The standard InChI is InChI=1S/C11H24O3/c1-8(2)10(13)5-4-6-11(14)9(3)7-12/h8-14H,4-7H2,1-3H3/t9-,10-,11+/m0/s1. The van der Waals surface area contributed by atoms with Gasteiger partial charge in [0.05, 0.1) is 12.2 Å². The van der Waals surface area contributed by atoms with E-state index in [1.807, 2.05) is 20.8 Å². The highest BCUT2D eigenvalue weighted by atomic mass is 16.3. The molecule has 0 aliphatic carbocycles. The molecule has 3 atom stereocenters. The van der Waals surface area contributed by atoms with Crippen molar-refractivity contribution in [3.05, 3.63) is 0 Å². The third kappa shape index (κ3) is 5.58. The molecule has 0 saturated carbocycles. The van der Waals surface area contributed by atoms with E-state index in [4.69, 9.17) is 5.11 Å². The summed E-state index contributed by atoms with van der Waals surface area (Å²) in [5.41, 5.74) is 0. The van der Waals surface area contributed by atoms with Crippen LogP contribution in [0.1, 0.15) is 40.0 Å². The molecule has 0 amide bonds. The van der Waals surface area contributed by atoms with E-state index < -0.39 is 6.10 Å². The van der Waals surface area contributed by atoms with Crippen molar-refractivity contribution in [1.82, 2.24) is 0 Å². The van der Waals surface area contributed by atoms with Crippen molar-refractivity contribution < 1.29 is 15.3 Å². The minimum atomic E-state index is -0.445. The van der Waals surface area contributed by atoms with Crippen LogP contribution in [-0.2, 0) is 0 Å². The van der Waals surface area contributed by atoms with E-state index in [1.54, 1.807) is 0 Å². The van der Waals surface area contributed by atoms with Gasteiger partial charge in [-0.1, -0.05) is 20.8 Å². The van der Waals surface area contributed by atoms with Gasteiger partial charge in [0.15, 0.2) is 0 Å². The van der Waals surface area contributed by atoms with Gasteiger partial charge in [0.25, 0.3) is 0 Å². The molecule has 0 heterocycles. The fourth-order valence-corrected chi connectivity index (χ4v) is 1.28. The highest BCUT2D eigenvalue weighted by molar-refractivity contribution is 4.66. The SMILES string of the molecule is CC(C)[C@@H](O)CCC[C@@H](O)[C@@H](C)CO. The molecule has 0 aromatic carbocycles. The second-order valence-corrected chi connectivity index (χ2v) is 4.47. The summed E-state index contributed by atoms with van der Waals surface area (Å²) in [5.74, 6) is 0.216. The Morgan fingerprint density at radius 1 is 0.929 bits per heavy atom. The first kappa shape index (κ1) is 13.9. The number of rotatable bonds is 7. The first-order valence-corrected chi connectivity index (χ1v) is 5.46. The third-order valence-corrected chi connectivity index (χ3v) is 2.71. The van der Waals surface area contributed by atoms with Crippen LogP contribution in [0.4, 0.5) is 0 Å². The second-order valence-electron chi connectivity index (χ2n) is 4.47. The molecular weight excluding hydrogens is 180 g/mol. The summed E-state index contributed by atoms with van der Waals surface area (Å²) in [6, 6.07) is 0. The van der Waals surface area contributed by atoms with Crippen LogP contribution >= 0.6 is 0 Å². The Morgan fingerprint density at radius 2 is 1.43 bits per heavy atom. The largest absolute Gasteiger partial charge is 0.396 e. The van der Waals surface area contributed by atoms with E-state index in [0.717, 1.165) is 12.8 Å². The maximum Gasteiger partial charge on any atom is 0.0587 e. The normalized spacial score (nSPS) is 18.2. The minimum absolute atomic E-state index is 0.0217. The first-order chi connectivity index (χ1) is 6.49. The van der Waals surface area contributed by atoms with Crippen molar-refractivity contribution in [2.24, 2.45) is 11.8 Å². The molecule has 0 spiro atoms. The summed E-state index contributed by atoms with van der Waals surface area (Å²) in [7, 11) is 0. The predicted molar refractivity (Wildman–Crippen MR) is 57.0 cm³/mol. The fraction of sp³-hybridized carbons (Fsp3) is 1.00. The molecular formula is C11H24O3. The lowest BCUT2D eigenvalue weighted by Crippen LogP contribution is -2.22. The Balaban J connectivity index is 3.53. The Morgan fingerprint density at radius 3 is 1.86 bits per heavy atom. The zero-order valence-corrected chi connectivity index (χ0v) is 9.48. The average Bonchev–Trinajstić information content (AvgIpc) is 2.15. The van der Waals surface area contributed by atoms with Crippen molar-refractivity contribution in [2.75, 3.05) is 6.61 Å². The molecule has 3 N–H and O–H groups in total. The van der Waals surface area contributed by atoms with Crippen LogP contribution < -0.4 is 0 Å². The van der Waals surface area contributed by atoms with Gasteiger partial charge in [-0.25, -0.2) is 0 Å². The van der Waals surface area contributed by atoms with Gasteiger partial charge in [0.2, 0.25) is 0 Å². The van der Waals surface area contributed by atoms with Gasteiger partial charge in [-0.15, -0.1) is 0 Å². The van der Waals surface area contributed by atoms with Crippen LogP contribution in [0.3, 0.4) is 0 Å². The summed E-state index contributed by atoms with van der Waals surface area (Å²) in [5, 5.41) is 27.8. The van der Waals surface area contributed by atoms with Crippen LogP contribution in [0.15, 0.2) is 0 Å². The van der Waals surface area contributed by atoms with E-state index in [1.165, 1.54) is 0 Å². The molecule has 0 fully saturated rings. The fourth-order valence-electron chi connectivity index (χ4n) is 1.28. The molecule has 3 heteroatoms. The van der Waals surface area contributed by atoms with Crippen molar-refractivity contribution in [2.45, 2.75) is 52.2 Å². The highest BCUT2D eigenvalue weighted by Crippen LogP contribution is 2.14. The van der Waals surface area contributed by atoms with E-state index in [0.29, 0.717) is 6.42 Å². The smallest absolute Gasteiger partial charge is 0.0587 e. The molecule has 0 radical (unpaired) electrons. The van der Waals surface area contributed by atoms with Gasteiger partial charge in [0, 0.05) is 12.5 Å². The molecule has 0 aliphatic heterocycles. The monoisotopic (exact) mass is 204 g/mol. The van der Waals surface area contributed by atoms with Crippen LogP contribution in [0.25, 0.3) is 0 Å². The van der Waals surface area contributed by atoms with Crippen molar-refractivity contribution in [1.29, 1.82) is 0 Å². The van der Waals surface area contributed by atoms with Crippen LogP contribution in [0.5, 0.6) is 0 Å². The molecule has 0 rings (SSSR count). The molecule has 0 bridgehead atoms. The lowest BCUT2D eigenvalue weighted by molar-refractivity contribution is 0.0598. The van der Waals surface area contributed by atoms with Gasteiger partial charge >= 0.3 is 0 Å². The predicted octanol–water partition coefficient (Wildman–Crippen LogP) is 1.16. The summed E-state index contributed by atoms with van der Waals surface area (Å²) >= 11 is 0. The molecule has 86 valence electrons. The molecule has 0 saturated heterocycles. The topological polar surface area (TPSA) is 60.7 Å². The second kappa shape index (κ2) is 7.21. The third-order valence-electron chi connectivity index (χ3n) is 2.71. The molecule has 0 unspecified atom stereocenters. The van der Waals surface area contributed by atoms with Gasteiger partial charge in [0.1, 0.15) is 0 Å². The van der Waals surface area contributed by atoms with Gasteiger partial charge in [-0.05, 0) is 25.2 Å². The quantitative estimate of drug-likeness (QED) is 0.583. The van der Waals surface area contributed by atoms with Crippen molar-refractivity contribution in [3.63, 3.8) is 0 Å². The molecule has 0 aromatic rings. The maximum atomic E-state index is 9.53. The number of hydrogen-bond donors (Lipinski definition) is 3. The summed E-state index contributed by atoms with van der Waals surface area (Å²) in [4.78, 5) is 0. The van der Waals surface area contributed by atoms with Crippen LogP contribution in [0.2, 0.25) is 0 Å². The maximum absolute atomic E-state index is 9.53. The summed E-state index contributed by atoms with van der Waals surface area (Å²) in [6.07, 6.45) is 1.48. The summed E-state index contributed by atoms with van der Waals surface area (Å²) < 4.78 is 0. The number of aliphatic hydroxyl groups is 3. The van der Waals surface area contributed by atoms with Crippen molar-refractivity contribution >= 4 is 0 Å². The molecule has 3 nitrogen and oxygen atoms in total. The molecule has 14 heavy (non-hydrogen) atoms. The average molecular weight is 204 g/mol. The van der Waals surface area contributed by atoms with Crippen LogP contribution in [0, 0.1) is 11.8 Å². The van der Waals surface area contributed by atoms with Crippen LogP contribution in [-0.4, -0.2) is 34.1 Å². The highest BCUT2D eigenvalue weighted by Gasteiger charge is 2.14. The zero-order valence-electron chi connectivity index (χ0n) is 9.48. The van der Waals surface area contributed by atoms with E-state index >= 15 is 0 Å². The lowest BCUT2D eigenvalue weighted by Gasteiger charge is -2.18. The van der Waals surface area contributed by atoms with Crippen molar-refractivity contribution in [3.8, 4) is 0 Å².